The van der Waals surface area contributed by atoms with Gasteiger partial charge < -0.3 is 15.5 Å². The van der Waals surface area contributed by atoms with Crippen LogP contribution in [0.25, 0.3) is 0 Å². The van der Waals surface area contributed by atoms with Crippen molar-refractivity contribution in [2.24, 2.45) is 11.7 Å². The van der Waals surface area contributed by atoms with Crippen LogP contribution in [0.1, 0.15) is 55.9 Å². The minimum atomic E-state index is -0.293. The molecule has 0 atom stereocenters. The number of unbranched alkanes of at least 4 members (excludes halogenated alkanes) is 2. The van der Waals surface area contributed by atoms with Crippen molar-refractivity contribution in [1.82, 2.24) is 19.8 Å². The van der Waals surface area contributed by atoms with E-state index in [-0.39, 0.29) is 30.1 Å². The van der Waals surface area contributed by atoms with E-state index in [9.17, 15) is 14.4 Å². The number of hydrogen-bond acceptors (Lipinski definition) is 5. The van der Waals surface area contributed by atoms with Gasteiger partial charge in [0, 0.05) is 50.9 Å². The lowest BCUT2D eigenvalue weighted by Gasteiger charge is -2.31. The Morgan fingerprint density at radius 2 is 1.93 bits per heavy atom. The predicted molar refractivity (Wildman–Crippen MR) is 101 cm³/mol. The van der Waals surface area contributed by atoms with Gasteiger partial charge in [-0.1, -0.05) is 19.8 Å². The summed E-state index contributed by atoms with van der Waals surface area (Å²) in [5.74, 6) is -0.624. The number of piperidine rings is 1. The minimum Gasteiger partial charge on any atom is -0.369 e. The minimum absolute atomic E-state index is 0.00496. The van der Waals surface area contributed by atoms with Crippen LogP contribution >= 0.6 is 0 Å². The highest BCUT2D eigenvalue weighted by Crippen LogP contribution is 2.17. The first kappa shape index (κ1) is 20.8. The molecule has 1 fully saturated rings. The molecule has 0 aromatic carbocycles. The number of likely N-dealkylation sites (tertiary alicyclic amines) is 1. The van der Waals surface area contributed by atoms with Gasteiger partial charge in [0.25, 0.3) is 5.91 Å². The Labute approximate surface area is 160 Å². The highest BCUT2D eigenvalue weighted by atomic mass is 16.2. The van der Waals surface area contributed by atoms with Crippen LogP contribution in [0.5, 0.6) is 0 Å². The summed E-state index contributed by atoms with van der Waals surface area (Å²) in [6, 6.07) is 0. The highest BCUT2D eigenvalue weighted by Gasteiger charge is 2.26. The lowest BCUT2D eigenvalue weighted by Crippen LogP contribution is -2.43. The second-order valence-corrected chi connectivity index (χ2v) is 6.90. The number of carbonyl (C=O) groups excluding carboxylic acids is 3. The fraction of sp³-hybridized carbons (Fsp3) is 0.632. The van der Waals surface area contributed by atoms with Crippen molar-refractivity contribution in [3.05, 3.63) is 24.3 Å². The maximum atomic E-state index is 12.7. The molecule has 2 N–H and O–H groups in total. The summed E-state index contributed by atoms with van der Waals surface area (Å²) in [6.07, 6.45) is 8.92. The first-order chi connectivity index (χ1) is 13.0. The van der Waals surface area contributed by atoms with Crippen molar-refractivity contribution in [3.8, 4) is 0 Å². The Kier molecular flexibility index (Phi) is 8.16. The molecule has 0 unspecified atom stereocenters. The summed E-state index contributed by atoms with van der Waals surface area (Å²) in [6.45, 7) is 4.14. The number of carbonyl (C=O) groups is 3. The lowest BCUT2D eigenvalue weighted by molar-refractivity contribution is -0.135. The van der Waals surface area contributed by atoms with E-state index in [2.05, 4.69) is 16.9 Å². The molecule has 3 amide bonds. The molecule has 0 aliphatic carbocycles. The Morgan fingerprint density at radius 1 is 1.19 bits per heavy atom. The standard InChI is InChI=1S/C19H29N5O3/c1-2-3-4-10-24(19(27)16-14-21-8-9-22-16)13-7-17(25)23-11-5-15(6-12-23)18(20)26/h8-9,14-15H,2-7,10-13H2,1H3,(H2,20,26). The Balaban J connectivity index is 1.90. The van der Waals surface area contributed by atoms with E-state index in [0.717, 1.165) is 19.3 Å². The predicted octanol–water partition coefficient (Wildman–Crippen LogP) is 1.22. The van der Waals surface area contributed by atoms with E-state index in [1.165, 1.54) is 18.6 Å². The number of amides is 3. The molecule has 0 saturated carbocycles. The van der Waals surface area contributed by atoms with Gasteiger partial charge >= 0.3 is 0 Å². The van der Waals surface area contributed by atoms with Gasteiger partial charge in [-0.25, -0.2) is 4.98 Å². The molecule has 8 nitrogen and oxygen atoms in total. The summed E-state index contributed by atoms with van der Waals surface area (Å²) >= 11 is 0. The Morgan fingerprint density at radius 3 is 2.52 bits per heavy atom. The third kappa shape index (κ3) is 6.30. The van der Waals surface area contributed by atoms with Gasteiger partial charge in [-0.3, -0.25) is 19.4 Å². The number of hydrogen-bond donors (Lipinski definition) is 1. The summed E-state index contributed by atoms with van der Waals surface area (Å²) in [5, 5.41) is 0. The molecular formula is C19H29N5O3. The van der Waals surface area contributed by atoms with Crippen molar-refractivity contribution in [2.45, 2.75) is 45.4 Å². The molecule has 1 saturated heterocycles. The first-order valence-electron chi connectivity index (χ1n) is 9.65. The molecular weight excluding hydrogens is 346 g/mol. The normalized spacial score (nSPS) is 14.8. The van der Waals surface area contributed by atoms with Crippen LogP contribution in [0.3, 0.4) is 0 Å². The second-order valence-electron chi connectivity index (χ2n) is 6.90. The van der Waals surface area contributed by atoms with Crippen LogP contribution in [-0.2, 0) is 9.59 Å². The molecule has 1 aliphatic rings. The summed E-state index contributed by atoms with van der Waals surface area (Å²) in [7, 11) is 0. The largest absolute Gasteiger partial charge is 0.369 e. The fourth-order valence-corrected chi connectivity index (χ4v) is 3.24. The van der Waals surface area contributed by atoms with Crippen LogP contribution < -0.4 is 5.73 Å². The quantitative estimate of drug-likeness (QED) is 0.653. The van der Waals surface area contributed by atoms with Gasteiger partial charge in [0.15, 0.2) is 0 Å². The van der Waals surface area contributed by atoms with Crippen molar-refractivity contribution in [3.63, 3.8) is 0 Å². The fourth-order valence-electron chi connectivity index (χ4n) is 3.24. The van der Waals surface area contributed by atoms with Crippen LogP contribution in [0.2, 0.25) is 0 Å². The van der Waals surface area contributed by atoms with E-state index in [4.69, 9.17) is 5.73 Å². The van der Waals surface area contributed by atoms with Crippen molar-refractivity contribution in [2.75, 3.05) is 26.2 Å². The molecule has 2 rings (SSSR count). The van der Waals surface area contributed by atoms with E-state index >= 15 is 0 Å². The SMILES string of the molecule is CCCCCN(CCC(=O)N1CCC(C(N)=O)CC1)C(=O)c1cnccn1. The van der Waals surface area contributed by atoms with Crippen molar-refractivity contribution >= 4 is 17.7 Å². The second kappa shape index (κ2) is 10.6. The summed E-state index contributed by atoms with van der Waals surface area (Å²) in [5.41, 5.74) is 5.63. The molecule has 148 valence electrons. The van der Waals surface area contributed by atoms with Crippen LogP contribution in [-0.4, -0.2) is 63.7 Å². The molecule has 1 aliphatic heterocycles. The average Bonchev–Trinajstić information content (AvgIpc) is 2.70. The maximum Gasteiger partial charge on any atom is 0.274 e. The number of aromatic nitrogens is 2. The van der Waals surface area contributed by atoms with E-state index in [0.29, 0.717) is 44.7 Å². The van der Waals surface area contributed by atoms with Crippen molar-refractivity contribution in [1.29, 1.82) is 0 Å². The van der Waals surface area contributed by atoms with Crippen molar-refractivity contribution < 1.29 is 14.4 Å². The molecule has 1 aromatic rings. The van der Waals surface area contributed by atoms with Gasteiger partial charge in [-0.05, 0) is 19.3 Å². The molecule has 27 heavy (non-hydrogen) atoms. The first-order valence-corrected chi connectivity index (χ1v) is 9.65. The average molecular weight is 375 g/mol. The third-order valence-electron chi connectivity index (χ3n) is 4.95. The summed E-state index contributed by atoms with van der Waals surface area (Å²) < 4.78 is 0. The Hall–Kier alpha value is -2.51. The smallest absolute Gasteiger partial charge is 0.274 e. The van der Waals surface area contributed by atoms with Crippen LogP contribution in [0.4, 0.5) is 0 Å². The zero-order chi connectivity index (χ0) is 19.6. The lowest BCUT2D eigenvalue weighted by atomic mass is 9.96. The maximum absolute atomic E-state index is 12.7. The molecule has 0 bridgehead atoms. The zero-order valence-electron chi connectivity index (χ0n) is 16.0. The van der Waals surface area contributed by atoms with E-state index in [1.807, 2.05) is 0 Å². The van der Waals surface area contributed by atoms with Gasteiger partial charge in [-0.2, -0.15) is 0 Å². The molecule has 1 aromatic heterocycles. The van der Waals surface area contributed by atoms with Crippen LogP contribution in [0, 0.1) is 5.92 Å². The number of nitrogens with two attached hydrogens (primary N) is 1. The molecule has 8 heteroatoms. The van der Waals surface area contributed by atoms with E-state index < -0.39 is 0 Å². The Bertz CT molecular complexity index is 629. The summed E-state index contributed by atoms with van der Waals surface area (Å²) in [4.78, 5) is 47.9. The van der Waals surface area contributed by atoms with Gasteiger partial charge in [0.2, 0.25) is 11.8 Å². The van der Waals surface area contributed by atoms with Crippen LogP contribution in [0.15, 0.2) is 18.6 Å². The third-order valence-corrected chi connectivity index (χ3v) is 4.95. The number of rotatable bonds is 9. The number of primary amides is 1. The van der Waals surface area contributed by atoms with Gasteiger partial charge in [-0.15, -0.1) is 0 Å². The topological polar surface area (TPSA) is 109 Å². The molecule has 0 radical (unpaired) electrons. The molecule has 2 heterocycles. The number of nitrogens with zero attached hydrogens (tertiary/aromatic N) is 4. The van der Waals surface area contributed by atoms with Gasteiger partial charge in [0.05, 0.1) is 6.20 Å². The highest BCUT2D eigenvalue weighted by molar-refractivity contribution is 5.92. The van der Waals surface area contributed by atoms with E-state index in [1.54, 1.807) is 9.80 Å². The zero-order valence-corrected chi connectivity index (χ0v) is 16.0. The van der Waals surface area contributed by atoms with Gasteiger partial charge in [0.1, 0.15) is 5.69 Å². The molecule has 0 spiro atoms. The monoisotopic (exact) mass is 375 g/mol.